The summed E-state index contributed by atoms with van der Waals surface area (Å²) in [5.74, 6) is -2.57. The largest absolute Gasteiger partial charge is 0.480 e. The molecule has 0 saturated heterocycles. The van der Waals surface area contributed by atoms with E-state index in [9.17, 15) is 14.4 Å². The molecule has 2 aromatic rings. The average Bonchev–Trinajstić information content (AvgIpc) is 2.88. The second-order valence-corrected chi connectivity index (χ2v) is 5.40. The van der Waals surface area contributed by atoms with Crippen molar-refractivity contribution in [2.75, 3.05) is 0 Å². The minimum absolute atomic E-state index is 0.00164. The van der Waals surface area contributed by atoms with Gasteiger partial charge in [-0.25, -0.2) is 9.78 Å². The van der Waals surface area contributed by atoms with E-state index < -0.39 is 30.2 Å². The molecular weight excluding hydrogens is 296 g/mol. The number of carbonyl (C=O) groups is 3. The van der Waals surface area contributed by atoms with Gasteiger partial charge < -0.3 is 16.2 Å². The first-order chi connectivity index (χ1) is 9.86. The zero-order valence-corrected chi connectivity index (χ0v) is 12.0. The van der Waals surface area contributed by atoms with Crippen LogP contribution in [0.1, 0.15) is 17.8 Å². The van der Waals surface area contributed by atoms with Crippen LogP contribution in [0.4, 0.5) is 0 Å². The summed E-state index contributed by atoms with van der Waals surface area (Å²) in [6.45, 7) is 1.84. The van der Waals surface area contributed by atoms with Crippen LogP contribution in [0.25, 0.3) is 4.96 Å². The molecule has 0 fully saturated rings. The molecule has 21 heavy (non-hydrogen) atoms. The zero-order chi connectivity index (χ0) is 15.6. The van der Waals surface area contributed by atoms with E-state index >= 15 is 0 Å². The van der Waals surface area contributed by atoms with E-state index in [1.807, 2.05) is 6.92 Å². The average molecular weight is 310 g/mol. The first-order valence-electron chi connectivity index (χ1n) is 6.09. The number of hydrogen-bond acceptors (Lipinski definition) is 5. The molecule has 1 atom stereocenters. The quantitative estimate of drug-likeness (QED) is 0.674. The molecule has 2 heterocycles. The number of rotatable bonds is 6. The number of carboxylic acids is 1. The first-order valence-corrected chi connectivity index (χ1v) is 6.97. The molecule has 0 bridgehead atoms. The van der Waals surface area contributed by atoms with Gasteiger partial charge in [0, 0.05) is 17.3 Å². The molecule has 0 aliphatic carbocycles. The number of aromatic nitrogens is 2. The highest BCUT2D eigenvalue weighted by Crippen LogP contribution is 2.16. The Hall–Kier alpha value is -2.42. The van der Waals surface area contributed by atoms with E-state index in [0.29, 0.717) is 5.69 Å². The van der Waals surface area contributed by atoms with Crippen LogP contribution >= 0.6 is 11.3 Å². The predicted octanol–water partition coefficient (Wildman–Crippen LogP) is -0.308. The van der Waals surface area contributed by atoms with E-state index in [2.05, 4.69) is 10.3 Å². The zero-order valence-electron chi connectivity index (χ0n) is 11.2. The Kier molecular flexibility index (Phi) is 4.22. The smallest absolute Gasteiger partial charge is 0.326 e. The van der Waals surface area contributed by atoms with Crippen molar-refractivity contribution in [3.8, 4) is 0 Å². The summed E-state index contributed by atoms with van der Waals surface area (Å²) in [4.78, 5) is 38.7. The highest BCUT2D eigenvalue weighted by molar-refractivity contribution is 7.15. The summed E-state index contributed by atoms with van der Waals surface area (Å²) in [5, 5.41) is 13.0. The number of hydrogen-bond donors (Lipinski definition) is 3. The van der Waals surface area contributed by atoms with E-state index in [1.165, 1.54) is 11.3 Å². The van der Waals surface area contributed by atoms with Crippen molar-refractivity contribution in [2.24, 2.45) is 5.73 Å². The molecule has 8 nitrogen and oxygen atoms in total. The number of nitrogens with zero attached hydrogens (tertiary/aromatic N) is 2. The van der Waals surface area contributed by atoms with Gasteiger partial charge in [0.1, 0.15) is 6.04 Å². The second-order valence-electron chi connectivity index (χ2n) is 4.57. The monoisotopic (exact) mass is 310 g/mol. The van der Waals surface area contributed by atoms with E-state index in [4.69, 9.17) is 10.8 Å². The van der Waals surface area contributed by atoms with Gasteiger partial charge in [-0.15, -0.1) is 11.3 Å². The molecule has 1 unspecified atom stereocenters. The number of nitrogens with two attached hydrogens (primary N) is 1. The van der Waals surface area contributed by atoms with Gasteiger partial charge in [-0.2, -0.15) is 0 Å². The number of primary amides is 1. The third-order valence-electron chi connectivity index (χ3n) is 2.78. The number of thiazole rings is 1. The van der Waals surface area contributed by atoms with Crippen LogP contribution < -0.4 is 11.1 Å². The van der Waals surface area contributed by atoms with Gasteiger partial charge in [0.05, 0.1) is 18.5 Å². The van der Waals surface area contributed by atoms with Crippen molar-refractivity contribution in [1.82, 2.24) is 14.7 Å². The third-order valence-corrected chi connectivity index (χ3v) is 3.67. The lowest BCUT2D eigenvalue weighted by atomic mass is 10.2. The molecule has 2 aromatic heterocycles. The van der Waals surface area contributed by atoms with Crippen LogP contribution in [0.15, 0.2) is 11.6 Å². The molecule has 0 aliphatic rings. The van der Waals surface area contributed by atoms with Gasteiger partial charge in [0.25, 0.3) is 0 Å². The highest BCUT2D eigenvalue weighted by Gasteiger charge is 2.22. The number of imidazole rings is 1. The summed E-state index contributed by atoms with van der Waals surface area (Å²) < 4.78 is 1.78. The lowest BCUT2D eigenvalue weighted by Crippen LogP contribution is -2.44. The Morgan fingerprint density at radius 1 is 1.52 bits per heavy atom. The number of aryl methyl sites for hydroxylation is 1. The van der Waals surface area contributed by atoms with Gasteiger partial charge in [0.15, 0.2) is 4.96 Å². The Bertz CT molecular complexity index is 705. The van der Waals surface area contributed by atoms with Crippen LogP contribution in [-0.2, 0) is 20.8 Å². The van der Waals surface area contributed by atoms with Crippen LogP contribution in [0.2, 0.25) is 0 Å². The normalized spacial score (nSPS) is 12.2. The van der Waals surface area contributed by atoms with E-state index in [0.717, 1.165) is 10.7 Å². The highest BCUT2D eigenvalue weighted by atomic mass is 32.1. The molecule has 4 N–H and O–H groups in total. The van der Waals surface area contributed by atoms with E-state index in [1.54, 1.807) is 16.0 Å². The minimum Gasteiger partial charge on any atom is -0.480 e. The molecular formula is C12H14N4O4S. The molecule has 0 saturated carbocycles. The van der Waals surface area contributed by atoms with Gasteiger partial charge >= 0.3 is 5.97 Å². The molecule has 0 aromatic carbocycles. The van der Waals surface area contributed by atoms with Crippen LogP contribution in [0.5, 0.6) is 0 Å². The van der Waals surface area contributed by atoms with Gasteiger partial charge in [-0.1, -0.05) is 0 Å². The van der Waals surface area contributed by atoms with Crippen LogP contribution in [0.3, 0.4) is 0 Å². The van der Waals surface area contributed by atoms with Gasteiger partial charge in [0.2, 0.25) is 11.8 Å². The molecule has 0 spiro atoms. The van der Waals surface area contributed by atoms with Crippen molar-refractivity contribution >= 4 is 34.1 Å². The predicted molar refractivity (Wildman–Crippen MR) is 74.9 cm³/mol. The van der Waals surface area contributed by atoms with Crippen LogP contribution in [-0.4, -0.2) is 38.3 Å². The molecule has 9 heteroatoms. The van der Waals surface area contributed by atoms with Crippen molar-refractivity contribution in [3.05, 3.63) is 23.0 Å². The van der Waals surface area contributed by atoms with Gasteiger partial charge in [-0.3, -0.25) is 14.0 Å². The van der Waals surface area contributed by atoms with Crippen molar-refractivity contribution in [1.29, 1.82) is 0 Å². The Morgan fingerprint density at radius 2 is 2.24 bits per heavy atom. The molecule has 0 aliphatic heterocycles. The Labute approximate surface area is 123 Å². The van der Waals surface area contributed by atoms with Crippen molar-refractivity contribution in [3.63, 3.8) is 0 Å². The fourth-order valence-electron chi connectivity index (χ4n) is 1.88. The number of fused-ring (bicyclic) bond motifs is 1. The second kappa shape index (κ2) is 5.92. The van der Waals surface area contributed by atoms with Gasteiger partial charge in [-0.05, 0) is 6.92 Å². The molecule has 2 rings (SSSR count). The fourth-order valence-corrected chi connectivity index (χ4v) is 2.80. The maximum Gasteiger partial charge on any atom is 0.326 e. The summed E-state index contributed by atoms with van der Waals surface area (Å²) in [7, 11) is 0. The Balaban J connectivity index is 2.06. The first kappa shape index (κ1) is 15.0. The van der Waals surface area contributed by atoms with E-state index in [-0.39, 0.29) is 6.42 Å². The molecule has 2 amide bonds. The maximum absolute atomic E-state index is 11.9. The maximum atomic E-state index is 11.9. The van der Waals surface area contributed by atoms with Crippen molar-refractivity contribution < 1.29 is 19.5 Å². The summed E-state index contributed by atoms with van der Waals surface area (Å²) in [6.07, 6.45) is 1.36. The lowest BCUT2D eigenvalue weighted by Gasteiger charge is -2.12. The number of carbonyl (C=O) groups excluding carboxylic acids is 2. The summed E-state index contributed by atoms with van der Waals surface area (Å²) in [5.41, 5.74) is 6.49. The molecule has 0 radical (unpaired) electrons. The fraction of sp³-hybridized carbons (Fsp3) is 0.333. The SMILES string of the molecule is Cc1cn2c(CC(=O)NC(CC(N)=O)C(=O)O)csc2n1. The number of nitrogens with one attached hydrogen (secondary N) is 1. The Morgan fingerprint density at radius 3 is 2.86 bits per heavy atom. The summed E-state index contributed by atoms with van der Waals surface area (Å²) >= 11 is 1.39. The number of carboxylic acid groups (broad SMARTS) is 1. The lowest BCUT2D eigenvalue weighted by molar-refractivity contribution is -0.143. The topological polar surface area (TPSA) is 127 Å². The standard InChI is InChI=1S/C12H14N4O4S/c1-6-4-16-7(5-21-12(16)14-6)2-10(18)15-8(11(19)20)3-9(13)17/h4-5,8H,2-3H2,1H3,(H2,13,17)(H,15,18)(H,19,20). The van der Waals surface area contributed by atoms with Crippen LogP contribution in [0, 0.1) is 6.92 Å². The molecule has 112 valence electrons. The van der Waals surface area contributed by atoms with Crippen molar-refractivity contribution in [2.45, 2.75) is 25.8 Å². The third kappa shape index (κ3) is 3.57. The number of amides is 2. The summed E-state index contributed by atoms with van der Waals surface area (Å²) in [6, 6.07) is -1.31. The number of aliphatic carboxylic acids is 1. The minimum atomic E-state index is -1.31.